The third-order valence-electron chi connectivity index (χ3n) is 5.66. The number of rotatable bonds is 5. The second-order valence-corrected chi connectivity index (χ2v) is 7.60. The number of nitrogens with zero attached hydrogens (tertiary/aromatic N) is 2. The minimum Gasteiger partial charge on any atom is -0.497 e. The van der Waals surface area contributed by atoms with E-state index in [9.17, 15) is 14.4 Å². The summed E-state index contributed by atoms with van der Waals surface area (Å²) in [5, 5.41) is 9.72. The Morgan fingerprint density at radius 1 is 1.22 bits per heavy atom. The Balaban J connectivity index is 1.78. The SMILES string of the molecule is COc1ccc(CCn2c(C)cc3c(c2=O)C(c2cccc(F)c2)C(C#N)=C(N)O3)cc1. The fourth-order valence-corrected chi connectivity index (χ4v) is 4.02. The fraction of sp³-hybridized carbons (Fsp3) is 0.200. The molecule has 162 valence electrons. The van der Waals surface area contributed by atoms with Gasteiger partial charge in [0.25, 0.3) is 5.56 Å². The molecule has 1 aliphatic rings. The van der Waals surface area contributed by atoms with Crippen LogP contribution in [0.2, 0.25) is 0 Å². The molecule has 32 heavy (non-hydrogen) atoms. The van der Waals surface area contributed by atoms with Crippen molar-refractivity contribution in [2.75, 3.05) is 7.11 Å². The van der Waals surface area contributed by atoms with Gasteiger partial charge in [0.05, 0.1) is 18.6 Å². The number of ether oxygens (including phenoxy) is 2. The normalized spacial score (nSPS) is 15.0. The first-order valence-corrected chi connectivity index (χ1v) is 10.1. The number of nitriles is 1. The highest BCUT2D eigenvalue weighted by molar-refractivity contribution is 5.55. The third-order valence-corrected chi connectivity index (χ3v) is 5.66. The lowest BCUT2D eigenvalue weighted by molar-refractivity contribution is 0.388. The summed E-state index contributed by atoms with van der Waals surface area (Å²) >= 11 is 0. The molecule has 1 aliphatic heterocycles. The molecule has 3 aromatic rings. The second kappa shape index (κ2) is 8.60. The van der Waals surface area contributed by atoms with Crippen molar-refractivity contribution in [3.63, 3.8) is 0 Å². The van der Waals surface area contributed by atoms with Gasteiger partial charge < -0.3 is 19.8 Å². The Hall–Kier alpha value is -4.05. The molecular formula is C25H22FN3O3. The van der Waals surface area contributed by atoms with Crippen LogP contribution < -0.4 is 20.8 Å². The van der Waals surface area contributed by atoms with Gasteiger partial charge in [-0.3, -0.25) is 4.79 Å². The van der Waals surface area contributed by atoms with E-state index in [0.717, 1.165) is 11.3 Å². The van der Waals surface area contributed by atoms with Crippen LogP contribution in [0.4, 0.5) is 4.39 Å². The molecule has 2 aromatic carbocycles. The quantitative estimate of drug-likeness (QED) is 0.664. The van der Waals surface area contributed by atoms with E-state index in [1.54, 1.807) is 29.9 Å². The number of fused-ring (bicyclic) bond motifs is 1. The van der Waals surface area contributed by atoms with Gasteiger partial charge in [-0.25, -0.2) is 4.39 Å². The van der Waals surface area contributed by atoms with Crippen LogP contribution in [-0.2, 0) is 13.0 Å². The van der Waals surface area contributed by atoms with Crippen molar-refractivity contribution in [3.8, 4) is 17.6 Å². The first-order chi connectivity index (χ1) is 15.4. The highest BCUT2D eigenvalue weighted by Gasteiger charge is 2.34. The molecule has 0 radical (unpaired) electrons. The predicted octanol–water partition coefficient (Wildman–Crippen LogP) is 3.77. The molecule has 0 fully saturated rings. The van der Waals surface area contributed by atoms with Crippen LogP contribution in [0.3, 0.4) is 0 Å². The largest absolute Gasteiger partial charge is 0.497 e. The molecule has 0 saturated carbocycles. The van der Waals surface area contributed by atoms with Crippen LogP contribution in [0.25, 0.3) is 0 Å². The Morgan fingerprint density at radius 2 is 1.97 bits per heavy atom. The number of allylic oxidation sites excluding steroid dienone is 1. The number of hydrogen-bond acceptors (Lipinski definition) is 5. The topological polar surface area (TPSA) is 90.3 Å². The number of nitrogens with two attached hydrogens (primary N) is 1. The van der Waals surface area contributed by atoms with E-state index >= 15 is 0 Å². The van der Waals surface area contributed by atoms with Gasteiger partial charge in [-0.1, -0.05) is 24.3 Å². The van der Waals surface area contributed by atoms with Crippen molar-refractivity contribution < 1.29 is 13.9 Å². The van der Waals surface area contributed by atoms with Gasteiger partial charge in [0.1, 0.15) is 29.0 Å². The molecule has 0 spiro atoms. The molecule has 2 N–H and O–H groups in total. The summed E-state index contributed by atoms with van der Waals surface area (Å²) in [7, 11) is 1.61. The van der Waals surface area contributed by atoms with Gasteiger partial charge >= 0.3 is 0 Å². The van der Waals surface area contributed by atoms with E-state index in [1.165, 1.54) is 12.1 Å². The molecule has 6 nitrogen and oxygen atoms in total. The lowest BCUT2D eigenvalue weighted by Crippen LogP contribution is -2.33. The van der Waals surface area contributed by atoms with Gasteiger partial charge in [-0.15, -0.1) is 0 Å². The summed E-state index contributed by atoms with van der Waals surface area (Å²) in [5.74, 6) is -0.291. The minimum atomic E-state index is -0.806. The summed E-state index contributed by atoms with van der Waals surface area (Å²) in [6.07, 6.45) is 0.623. The number of aryl methyl sites for hydroxylation is 2. The second-order valence-electron chi connectivity index (χ2n) is 7.60. The Kier molecular flexibility index (Phi) is 5.69. The third kappa shape index (κ3) is 3.83. The standard InChI is InChI=1S/C25H22FN3O3/c1-15-12-21-23(25(30)29(15)11-10-16-6-8-19(31-2)9-7-16)22(20(14-27)24(28)32-21)17-4-3-5-18(26)13-17/h3-9,12-13,22H,10-11,28H2,1-2H3. The smallest absolute Gasteiger partial charge is 0.258 e. The van der Waals surface area contributed by atoms with Crippen molar-refractivity contribution in [3.05, 3.63) is 105 Å². The number of benzene rings is 2. The molecule has 7 heteroatoms. The Morgan fingerprint density at radius 3 is 2.62 bits per heavy atom. The molecule has 1 aromatic heterocycles. The summed E-state index contributed by atoms with van der Waals surface area (Å²) in [6.45, 7) is 2.25. The first-order valence-electron chi connectivity index (χ1n) is 10.1. The maximum atomic E-state index is 14.0. The van der Waals surface area contributed by atoms with E-state index in [1.807, 2.05) is 37.3 Å². The molecule has 0 aliphatic carbocycles. The number of aromatic nitrogens is 1. The maximum absolute atomic E-state index is 14.0. The van der Waals surface area contributed by atoms with E-state index in [-0.39, 0.29) is 22.6 Å². The zero-order chi connectivity index (χ0) is 22.8. The average Bonchev–Trinajstić information content (AvgIpc) is 2.78. The molecule has 0 saturated heterocycles. The molecule has 1 unspecified atom stereocenters. The van der Waals surface area contributed by atoms with Crippen molar-refractivity contribution >= 4 is 0 Å². The summed E-state index contributed by atoms with van der Waals surface area (Å²) in [6, 6.07) is 17.3. The van der Waals surface area contributed by atoms with Gasteiger partial charge in [-0.05, 0) is 48.7 Å². The van der Waals surface area contributed by atoms with Crippen LogP contribution >= 0.6 is 0 Å². The predicted molar refractivity (Wildman–Crippen MR) is 118 cm³/mol. The first kappa shape index (κ1) is 21.2. The lowest BCUT2D eigenvalue weighted by atomic mass is 9.84. The van der Waals surface area contributed by atoms with Crippen molar-refractivity contribution in [1.82, 2.24) is 4.57 Å². The minimum absolute atomic E-state index is 0.0796. The zero-order valence-electron chi connectivity index (χ0n) is 17.8. The van der Waals surface area contributed by atoms with Crippen LogP contribution in [0.1, 0.15) is 28.3 Å². The van der Waals surface area contributed by atoms with E-state index in [0.29, 0.717) is 30.0 Å². The molecule has 2 heterocycles. The number of hydrogen-bond donors (Lipinski definition) is 1. The van der Waals surface area contributed by atoms with E-state index in [4.69, 9.17) is 15.2 Å². The average molecular weight is 431 g/mol. The van der Waals surface area contributed by atoms with Crippen LogP contribution in [0.5, 0.6) is 11.5 Å². The summed E-state index contributed by atoms with van der Waals surface area (Å²) in [4.78, 5) is 13.6. The monoisotopic (exact) mass is 431 g/mol. The molecule has 0 bridgehead atoms. The fourth-order valence-electron chi connectivity index (χ4n) is 4.02. The van der Waals surface area contributed by atoms with Crippen molar-refractivity contribution in [1.29, 1.82) is 5.26 Å². The van der Waals surface area contributed by atoms with Gasteiger partial charge in [0.2, 0.25) is 5.88 Å². The number of methoxy groups -OCH3 is 1. The molecule has 4 rings (SSSR count). The number of halogens is 1. The molecular weight excluding hydrogens is 409 g/mol. The van der Waals surface area contributed by atoms with E-state index < -0.39 is 11.7 Å². The number of pyridine rings is 1. The Labute approximate surface area is 184 Å². The Bertz CT molecular complexity index is 1300. The van der Waals surface area contributed by atoms with Crippen LogP contribution in [-0.4, -0.2) is 11.7 Å². The maximum Gasteiger partial charge on any atom is 0.258 e. The molecule has 0 amide bonds. The van der Waals surface area contributed by atoms with Crippen LogP contribution in [0.15, 0.2) is 70.8 Å². The van der Waals surface area contributed by atoms with Crippen molar-refractivity contribution in [2.45, 2.75) is 25.8 Å². The summed E-state index contributed by atoms with van der Waals surface area (Å²) in [5.41, 5.74) is 8.29. The van der Waals surface area contributed by atoms with E-state index in [2.05, 4.69) is 0 Å². The zero-order valence-corrected chi connectivity index (χ0v) is 17.8. The summed E-state index contributed by atoms with van der Waals surface area (Å²) < 4.78 is 26.5. The van der Waals surface area contributed by atoms with Crippen LogP contribution in [0, 0.1) is 24.1 Å². The van der Waals surface area contributed by atoms with Crippen molar-refractivity contribution in [2.24, 2.45) is 5.73 Å². The molecule has 1 atom stereocenters. The van der Waals surface area contributed by atoms with Gasteiger partial charge in [0.15, 0.2) is 0 Å². The lowest BCUT2D eigenvalue weighted by Gasteiger charge is -2.27. The van der Waals surface area contributed by atoms with Gasteiger partial charge in [0, 0.05) is 18.3 Å². The highest BCUT2D eigenvalue weighted by atomic mass is 19.1. The highest BCUT2D eigenvalue weighted by Crippen LogP contribution is 2.40. The van der Waals surface area contributed by atoms with Gasteiger partial charge in [-0.2, -0.15) is 5.26 Å².